The van der Waals surface area contributed by atoms with Gasteiger partial charge in [0.15, 0.2) is 0 Å². The number of nitrogens with one attached hydrogen (secondary N) is 2. The quantitative estimate of drug-likeness (QED) is 0.823. The molecule has 0 unspecified atom stereocenters. The van der Waals surface area contributed by atoms with Gasteiger partial charge in [-0.3, -0.25) is 9.69 Å². The minimum Gasteiger partial charge on any atom is -0.380 e. The lowest BCUT2D eigenvalue weighted by atomic mass is 10.1. The summed E-state index contributed by atoms with van der Waals surface area (Å²) in [4.78, 5) is 14.2. The van der Waals surface area contributed by atoms with Crippen molar-refractivity contribution in [3.63, 3.8) is 0 Å². The van der Waals surface area contributed by atoms with Gasteiger partial charge in [0.1, 0.15) is 0 Å². The molecule has 22 heavy (non-hydrogen) atoms. The molecule has 2 rings (SSSR count). The van der Waals surface area contributed by atoms with Gasteiger partial charge in [-0.05, 0) is 18.1 Å². The molecule has 0 saturated carbocycles. The monoisotopic (exact) mass is 327 g/mol. The molecule has 1 aliphatic rings. The van der Waals surface area contributed by atoms with E-state index in [1.807, 2.05) is 24.3 Å². The number of halogens is 1. The number of benzene rings is 1. The van der Waals surface area contributed by atoms with E-state index in [0.29, 0.717) is 25.7 Å². The van der Waals surface area contributed by atoms with Gasteiger partial charge in [-0.25, -0.2) is 0 Å². The topological polar surface area (TPSA) is 53.6 Å². The van der Waals surface area contributed by atoms with Gasteiger partial charge in [0.2, 0.25) is 5.91 Å². The minimum atomic E-state index is 0. The Balaban J connectivity index is 0.00000242. The van der Waals surface area contributed by atoms with Crippen LogP contribution in [0.2, 0.25) is 0 Å². The molecule has 1 aromatic carbocycles. The molecule has 1 atom stereocenters. The van der Waals surface area contributed by atoms with Crippen LogP contribution in [0.15, 0.2) is 24.3 Å². The zero-order chi connectivity index (χ0) is 15.1. The molecule has 5 nitrogen and oxygen atoms in total. The second-order valence-corrected chi connectivity index (χ2v) is 5.55. The second kappa shape index (κ2) is 9.79. The number of ether oxygens (including phenoxy) is 1. The number of nitrogens with zero attached hydrogens (tertiary/aromatic N) is 1. The van der Waals surface area contributed by atoms with Gasteiger partial charge in [-0.15, -0.1) is 12.4 Å². The highest BCUT2D eigenvalue weighted by Gasteiger charge is 2.19. The number of amides is 1. The molecule has 1 saturated heterocycles. The summed E-state index contributed by atoms with van der Waals surface area (Å²) in [5.74, 6) is 0.0877. The molecule has 0 aromatic heterocycles. The third kappa shape index (κ3) is 5.93. The molecule has 1 aromatic rings. The van der Waals surface area contributed by atoms with Crippen molar-refractivity contribution in [3.05, 3.63) is 35.4 Å². The van der Waals surface area contributed by atoms with Crippen LogP contribution in [0.1, 0.15) is 18.1 Å². The van der Waals surface area contributed by atoms with Crippen LogP contribution in [0, 0.1) is 0 Å². The molecule has 124 valence electrons. The third-order valence-corrected chi connectivity index (χ3v) is 3.81. The van der Waals surface area contributed by atoms with Crippen molar-refractivity contribution >= 4 is 18.3 Å². The van der Waals surface area contributed by atoms with Crippen LogP contribution in [-0.2, 0) is 22.7 Å². The first kappa shape index (κ1) is 18.9. The van der Waals surface area contributed by atoms with E-state index in [1.165, 1.54) is 0 Å². The van der Waals surface area contributed by atoms with E-state index in [-0.39, 0.29) is 18.3 Å². The van der Waals surface area contributed by atoms with Crippen LogP contribution in [0.4, 0.5) is 0 Å². The average molecular weight is 328 g/mol. The summed E-state index contributed by atoms with van der Waals surface area (Å²) < 4.78 is 5.08. The molecule has 1 amide bonds. The highest BCUT2D eigenvalue weighted by Crippen LogP contribution is 2.06. The first-order valence-electron chi connectivity index (χ1n) is 7.47. The lowest BCUT2D eigenvalue weighted by molar-refractivity contribution is -0.123. The number of rotatable bonds is 6. The van der Waals surface area contributed by atoms with Crippen molar-refractivity contribution in [2.45, 2.75) is 26.1 Å². The smallest absolute Gasteiger partial charge is 0.234 e. The summed E-state index contributed by atoms with van der Waals surface area (Å²) in [5, 5.41) is 6.31. The number of hydrogen-bond donors (Lipinski definition) is 2. The molecule has 0 aliphatic carbocycles. The summed E-state index contributed by atoms with van der Waals surface area (Å²) >= 11 is 0. The summed E-state index contributed by atoms with van der Waals surface area (Å²) in [7, 11) is 1.69. The van der Waals surface area contributed by atoms with Gasteiger partial charge < -0.3 is 15.4 Å². The highest BCUT2D eigenvalue weighted by molar-refractivity contribution is 5.85. The van der Waals surface area contributed by atoms with E-state index < -0.39 is 0 Å². The number of piperazine rings is 1. The van der Waals surface area contributed by atoms with E-state index >= 15 is 0 Å². The Labute approximate surface area is 138 Å². The van der Waals surface area contributed by atoms with Gasteiger partial charge in [-0.1, -0.05) is 24.3 Å². The normalized spacial score (nSPS) is 18.5. The summed E-state index contributed by atoms with van der Waals surface area (Å²) in [5.41, 5.74) is 2.25. The van der Waals surface area contributed by atoms with Crippen LogP contribution in [-0.4, -0.2) is 50.1 Å². The van der Waals surface area contributed by atoms with E-state index in [0.717, 1.165) is 30.8 Å². The van der Waals surface area contributed by atoms with Crippen LogP contribution in [0.5, 0.6) is 0 Å². The number of hydrogen-bond acceptors (Lipinski definition) is 4. The standard InChI is InChI=1S/C16H25N3O2.ClH/c1-13-9-17-7-8-19(13)11-16(20)18-10-14-3-5-15(6-4-14)12-21-2;/h3-6,13,17H,7-12H2,1-2H3,(H,18,20);1H/t13-;/m0./s1. The molecule has 0 bridgehead atoms. The van der Waals surface area contributed by atoms with Crippen molar-refractivity contribution in [3.8, 4) is 0 Å². The maximum absolute atomic E-state index is 12.0. The Kier molecular flexibility index (Phi) is 8.42. The molecule has 1 aliphatic heterocycles. The second-order valence-electron chi connectivity index (χ2n) is 5.55. The zero-order valence-electron chi connectivity index (χ0n) is 13.3. The summed E-state index contributed by atoms with van der Waals surface area (Å²) in [6, 6.07) is 8.54. The van der Waals surface area contributed by atoms with Crippen LogP contribution >= 0.6 is 12.4 Å². The van der Waals surface area contributed by atoms with Gasteiger partial charge in [0, 0.05) is 39.3 Å². The SMILES string of the molecule is COCc1ccc(CNC(=O)CN2CCNC[C@@H]2C)cc1.Cl. The largest absolute Gasteiger partial charge is 0.380 e. The van der Waals surface area contributed by atoms with Gasteiger partial charge in [-0.2, -0.15) is 0 Å². The maximum Gasteiger partial charge on any atom is 0.234 e. The van der Waals surface area contributed by atoms with Gasteiger partial charge in [0.25, 0.3) is 0 Å². The summed E-state index contributed by atoms with van der Waals surface area (Å²) in [6.07, 6.45) is 0. The van der Waals surface area contributed by atoms with Crippen molar-refractivity contribution in [2.24, 2.45) is 0 Å². The first-order valence-corrected chi connectivity index (χ1v) is 7.47. The fourth-order valence-electron chi connectivity index (χ4n) is 2.48. The Bertz CT molecular complexity index is 453. The highest BCUT2D eigenvalue weighted by atomic mass is 35.5. The van der Waals surface area contributed by atoms with Crippen molar-refractivity contribution in [1.82, 2.24) is 15.5 Å². The summed E-state index contributed by atoms with van der Waals surface area (Å²) in [6.45, 7) is 6.66. The van der Waals surface area contributed by atoms with Crippen molar-refractivity contribution in [2.75, 3.05) is 33.3 Å². The van der Waals surface area contributed by atoms with Crippen LogP contribution in [0.25, 0.3) is 0 Å². The molecule has 1 fully saturated rings. The van der Waals surface area contributed by atoms with Gasteiger partial charge >= 0.3 is 0 Å². The first-order chi connectivity index (χ1) is 10.2. The molecule has 6 heteroatoms. The lowest BCUT2D eigenvalue weighted by Gasteiger charge is -2.33. The number of methoxy groups -OCH3 is 1. The van der Waals surface area contributed by atoms with Crippen LogP contribution < -0.4 is 10.6 Å². The Hall–Kier alpha value is -1.14. The molecule has 2 N–H and O–H groups in total. The Morgan fingerprint density at radius 2 is 2.05 bits per heavy atom. The number of carbonyl (C=O) groups excluding carboxylic acids is 1. The molecular weight excluding hydrogens is 302 g/mol. The molecular formula is C16H26ClN3O2. The van der Waals surface area contributed by atoms with E-state index in [4.69, 9.17) is 4.74 Å². The zero-order valence-corrected chi connectivity index (χ0v) is 14.1. The lowest BCUT2D eigenvalue weighted by Crippen LogP contribution is -2.52. The van der Waals surface area contributed by atoms with Crippen molar-refractivity contribution < 1.29 is 9.53 Å². The maximum atomic E-state index is 12.0. The fourth-order valence-corrected chi connectivity index (χ4v) is 2.48. The average Bonchev–Trinajstić information content (AvgIpc) is 2.49. The fraction of sp³-hybridized carbons (Fsp3) is 0.562. The van der Waals surface area contributed by atoms with E-state index in [1.54, 1.807) is 7.11 Å². The van der Waals surface area contributed by atoms with E-state index in [2.05, 4.69) is 22.5 Å². The predicted octanol–water partition coefficient (Wildman–Crippen LogP) is 1.16. The number of carbonyl (C=O) groups is 1. The van der Waals surface area contributed by atoms with Crippen LogP contribution in [0.3, 0.4) is 0 Å². The predicted molar refractivity (Wildman–Crippen MR) is 90.2 cm³/mol. The Morgan fingerprint density at radius 1 is 1.36 bits per heavy atom. The molecule has 0 spiro atoms. The minimum absolute atomic E-state index is 0. The molecule has 1 heterocycles. The third-order valence-electron chi connectivity index (χ3n) is 3.81. The van der Waals surface area contributed by atoms with Crippen molar-refractivity contribution in [1.29, 1.82) is 0 Å². The molecule has 0 radical (unpaired) electrons. The van der Waals surface area contributed by atoms with E-state index in [9.17, 15) is 4.79 Å². The van der Waals surface area contributed by atoms with Gasteiger partial charge in [0.05, 0.1) is 13.2 Å². The Morgan fingerprint density at radius 3 is 2.68 bits per heavy atom.